The Morgan fingerprint density at radius 1 is 1.05 bits per heavy atom. The van der Waals surface area contributed by atoms with Crippen LogP contribution in [-0.4, -0.2) is 25.6 Å². The van der Waals surface area contributed by atoms with Crippen molar-refractivity contribution in [1.29, 1.82) is 0 Å². The lowest BCUT2D eigenvalue weighted by molar-refractivity contribution is 0.674. The predicted octanol–water partition coefficient (Wildman–Crippen LogP) is 3.31. The summed E-state index contributed by atoms with van der Waals surface area (Å²) in [6.07, 6.45) is 5.01. The number of anilines is 1. The summed E-state index contributed by atoms with van der Waals surface area (Å²) in [5, 5.41) is 3.41. The van der Waals surface area contributed by atoms with Crippen LogP contribution >= 0.6 is 0 Å². The molecule has 0 saturated carbocycles. The average Bonchev–Trinajstić information content (AvgIpc) is 2.48. The zero-order chi connectivity index (χ0) is 14.4. The summed E-state index contributed by atoms with van der Waals surface area (Å²) in [4.78, 5) is 6.45. The minimum atomic E-state index is 0.879. The molecule has 1 N–H and O–H groups in total. The molecule has 0 unspecified atom stereocenters. The van der Waals surface area contributed by atoms with Gasteiger partial charge in [0.25, 0.3) is 0 Å². The van der Waals surface area contributed by atoms with Gasteiger partial charge in [-0.1, -0.05) is 19.1 Å². The van der Waals surface area contributed by atoms with E-state index in [0.717, 1.165) is 19.5 Å². The van der Waals surface area contributed by atoms with Crippen molar-refractivity contribution in [3.63, 3.8) is 0 Å². The lowest BCUT2D eigenvalue weighted by Crippen LogP contribution is -2.13. The average molecular weight is 269 g/mol. The minimum Gasteiger partial charge on any atom is -0.378 e. The Hall–Kier alpha value is -1.87. The first kappa shape index (κ1) is 14.5. The Morgan fingerprint density at radius 3 is 2.45 bits per heavy atom. The molecule has 0 saturated heterocycles. The first-order valence-electron chi connectivity index (χ1n) is 7.13. The summed E-state index contributed by atoms with van der Waals surface area (Å²) < 4.78 is 0. The van der Waals surface area contributed by atoms with E-state index in [-0.39, 0.29) is 0 Å². The molecule has 0 aliphatic heterocycles. The molecule has 106 valence electrons. The minimum absolute atomic E-state index is 0.879. The maximum absolute atomic E-state index is 4.35. The molecule has 1 aromatic carbocycles. The lowest BCUT2D eigenvalue weighted by Gasteiger charge is -2.13. The topological polar surface area (TPSA) is 28.2 Å². The van der Waals surface area contributed by atoms with Crippen LogP contribution in [0.25, 0.3) is 11.1 Å². The molecular formula is C17H23N3. The second kappa shape index (κ2) is 7.06. The highest BCUT2D eigenvalue weighted by atomic mass is 15.1. The summed E-state index contributed by atoms with van der Waals surface area (Å²) >= 11 is 0. The van der Waals surface area contributed by atoms with E-state index in [9.17, 15) is 0 Å². The summed E-state index contributed by atoms with van der Waals surface area (Å²) in [5.41, 5.74) is 4.82. The van der Waals surface area contributed by atoms with Crippen molar-refractivity contribution in [3.05, 3.63) is 48.3 Å². The number of benzene rings is 1. The van der Waals surface area contributed by atoms with E-state index in [1.165, 1.54) is 22.4 Å². The number of aromatic nitrogens is 1. The highest BCUT2D eigenvalue weighted by Crippen LogP contribution is 2.22. The highest BCUT2D eigenvalue weighted by molar-refractivity contribution is 5.66. The summed E-state index contributed by atoms with van der Waals surface area (Å²) in [6, 6.07) is 10.8. The summed E-state index contributed by atoms with van der Waals surface area (Å²) in [7, 11) is 4.10. The Morgan fingerprint density at radius 2 is 1.80 bits per heavy atom. The number of nitrogens with zero attached hydrogens (tertiary/aromatic N) is 2. The van der Waals surface area contributed by atoms with Crippen LogP contribution in [0.5, 0.6) is 0 Å². The monoisotopic (exact) mass is 269 g/mol. The first-order valence-corrected chi connectivity index (χ1v) is 7.13. The maximum Gasteiger partial charge on any atom is 0.0361 e. The van der Waals surface area contributed by atoms with E-state index in [0.29, 0.717) is 0 Å². The Balaban J connectivity index is 2.13. The van der Waals surface area contributed by atoms with Crippen molar-refractivity contribution < 1.29 is 0 Å². The Bertz CT molecular complexity index is 532. The van der Waals surface area contributed by atoms with Gasteiger partial charge in [0.15, 0.2) is 0 Å². The number of hydrogen-bond acceptors (Lipinski definition) is 3. The standard InChI is InChI=1S/C17H23N3/c1-4-9-18-11-14-10-16(13-19-12-14)15-5-7-17(8-6-15)20(2)3/h5-8,10,12-13,18H,4,9,11H2,1-3H3. The molecule has 1 heterocycles. The van der Waals surface area contributed by atoms with E-state index in [1.807, 2.05) is 12.4 Å². The van der Waals surface area contributed by atoms with Gasteiger partial charge >= 0.3 is 0 Å². The molecule has 0 spiro atoms. The predicted molar refractivity (Wildman–Crippen MR) is 86.0 cm³/mol. The second-order valence-electron chi connectivity index (χ2n) is 5.20. The smallest absolute Gasteiger partial charge is 0.0361 e. The van der Waals surface area contributed by atoms with E-state index < -0.39 is 0 Å². The van der Waals surface area contributed by atoms with Gasteiger partial charge < -0.3 is 10.2 Å². The van der Waals surface area contributed by atoms with Crippen LogP contribution in [0.15, 0.2) is 42.7 Å². The van der Waals surface area contributed by atoms with Gasteiger partial charge in [-0.3, -0.25) is 4.98 Å². The fourth-order valence-corrected chi connectivity index (χ4v) is 2.10. The van der Waals surface area contributed by atoms with E-state index in [2.05, 4.69) is 66.6 Å². The van der Waals surface area contributed by atoms with Gasteiger partial charge in [-0.15, -0.1) is 0 Å². The second-order valence-corrected chi connectivity index (χ2v) is 5.20. The number of rotatable bonds is 6. The van der Waals surface area contributed by atoms with Gasteiger partial charge in [0.2, 0.25) is 0 Å². The fourth-order valence-electron chi connectivity index (χ4n) is 2.10. The third-order valence-corrected chi connectivity index (χ3v) is 3.27. The van der Waals surface area contributed by atoms with Gasteiger partial charge in [-0.05, 0) is 42.3 Å². The van der Waals surface area contributed by atoms with Crippen LogP contribution in [0.4, 0.5) is 5.69 Å². The molecule has 3 nitrogen and oxygen atoms in total. The van der Waals surface area contributed by atoms with Crippen molar-refractivity contribution in [3.8, 4) is 11.1 Å². The maximum atomic E-state index is 4.35. The zero-order valence-electron chi connectivity index (χ0n) is 12.6. The molecule has 0 bridgehead atoms. The largest absolute Gasteiger partial charge is 0.378 e. The van der Waals surface area contributed by atoms with Gasteiger partial charge in [0.05, 0.1) is 0 Å². The van der Waals surface area contributed by atoms with Crippen molar-refractivity contribution in [2.45, 2.75) is 19.9 Å². The van der Waals surface area contributed by atoms with Crippen LogP contribution in [0.1, 0.15) is 18.9 Å². The van der Waals surface area contributed by atoms with Gasteiger partial charge in [0, 0.05) is 44.3 Å². The zero-order valence-corrected chi connectivity index (χ0v) is 12.6. The summed E-state index contributed by atoms with van der Waals surface area (Å²) in [6.45, 7) is 4.10. The van der Waals surface area contributed by atoms with Crippen LogP contribution in [0.3, 0.4) is 0 Å². The summed E-state index contributed by atoms with van der Waals surface area (Å²) in [5.74, 6) is 0. The lowest BCUT2D eigenvalue weighted by atomic mass is 10.1. The molecular weight excluding hydrogens is 246 g/mol. The van der Waals surface area contributed by atoms with Crippen molar-refractivity contribution in [2.75, 3.05) is 25.5 Å². The molecule has 2 rings (SSSR count). The molecule has 0 radical (unpaired) electrons. The molecule has 0 fully saturated rings. The molecule has 3 heteroatoms. The third-order valence-electron chi connectivity index (χ3n) is 3.27. The molecule has 2 aromatic rings. The van der Waals surface area contributed by atoms with Gasteiger partial charge in [-0.25, -0.2) is 0 Å². The molecule has 20 heavy (non-hydrogen) atoms. The molecule has 1 aromatic heterocycles. The van der Waals surface area contributed by atoms with Crippen molar-refractivity contribution in [1.82, 2.24) is 10.3 Å². The number of pyridine rings is 1. The van der Waals surface area contributed by atoms with Crippen molar-refractivity contribution in [2.24, 2.45) is 0 Å². The SMILES string of the molecule is CCCNCc1cncc(-c2ccc(N(C)C)cc2)c1. The van der Waals surface area contributed by atoms with Crippen LogP contribution in [0, 0.1) is 0 Å². The molecule has 0 aliphatic carbocycles. The number of nitrogens with one attached hydrogen (secondary N) is 1. The van der Waals surface area contributed by atoms with E-state index in [1.54, 1.807) is 0 Å². The van der Waals surface area contributed by atoms with Gasteiger partial charge in [-0.2, -0.15) is 0 Å². The molecule has 0 atom stereocenters. The molecule has 0 aliphatic rings. The third kappa shape index (κ3) is 3.81. The quantitative estimate of drug-likeness (QED) is 0.815. The Labute approximate surface area is 121 Å². The van der Waals surface area contributed by atoms with E-state index in [4.69, 9.17) is 0 Å². The number of hydrogen-bond donors (Lipinski definition) is 1. The van der Waals surface area contributed by atoms with Gasteiger partial charge in [0.1, 0.15) is 0 Å². The highest BCUT2D eigenvalue weighted by Gasteiger charge is 2.01. The van der Waals surface area contributed by atoms with Crippen LogP contribution < -0.4 is 10.2 Å². The van der Waals surface area contributed by atoms with E-state index >= 15 is 0 Å². The van der Waals surface area contributed by atoms with Crippen molar-refractivity contribution >= 4 is 5.69 Å². The van der Waals surface area contributed by atoms with Crippen LogP contribution in [0.2, 0.25) is 0 Å². The molecule has 0 amide bonds. The Kier molecular flexibility index (Phi) is 5.13. The normalized spacial score (nSPS) is 10.6. The fraction of sp³-hybridized carbons (Fsp3) is 0.353. The van der Waals surface area contributed by atoms with Crippen LogP contribution in [-0.2, 0) is 6.54 Å². The first-order chi connectivity index (χ1) is 9.70.